The zero-order valence-electron chi connectivity index (χ0n) is 17.5. The minimum absolute atomic E-state index is 0.0989. The zero-order valence-corrected chi connectivity index (χ0v) is 19.1. The Morgan fingerprint density at radius 2 is 1.22 bits per heavy atom. The fourth-order valence-corrected chi connectivity index (χ4v) is 3.62. The Labute approximate surface area is 175 Å². The van der Waals surface area contributed by atoms with Gasteiger partial charge in [0.15, 0.2) is 0 Å². The Morgan fingerprint density at radius 3 is 1.74 bits per heavy atom. The van der Waals surface area contributed by atoms with E-state index < -0.39 is 12.1 Å². The Morgan fingerprint density at radius 1 is 0.778 bits per heavy atom. The van der Waals surface area contributed by atoms with Crippen molar-refractivity contribution >= 4 is 27.9 Å². The smallest absolute Gasteiger partial charge is 0.320 e. The van der Waals surface area contributed by atoms with Gasteiger partial charge in [-0.3, -0.25) is 9.59 Å². The first-order chi connectivity index (χ1) is 13.0. The second kappa shape index (κ2) is 18.8. The summed E-state index contributed by atoms with van der Waals surface area (Å²) in [5, 5.41) is 9.08. The first-order valence-corrected chi connectivity index (χ1v) is 12.0. The minimum atomic E-state index is -0.905. The molecule has 0 aliphatic rings. The first kappa shape index (κ1) is 26.4. The number of unbranched alkanes of at least 4 members (excludes halogenated alkanes) is 11. The lowest BCUT2D eigenvalue weighted by molar-refractivity contribution is -0.152. The summed E-state index contributed by atoms with van der Waals surface area (Å²) in [5.41, 5.74) is 0. The van der Waals surface area contributed by atoms with Gasteiger partial charge in [-0.05, 0) is 19.3 Å². The number of rotatable bonds is 19. The summed E-state index contributed by atoms with van der Waals surface area (Å²) in [5.74, 6) is -1.22. The molecule has 0 aromatic rings. The van der Waals surface area contributed by atoms with Gasteiger partial charge in [0, 0.05) is 0 Å². The highest BCUT2D eigenvalue weighted by atomic mass is 79.9. The molecule has 0 saturated heterocycles. The Bertz CT molecular complexity index is 373. The van der Waals surface area contributed by atoms with Gasteiger partial charge in [0.2, 0.25) is 0 Å². The van der Waals surface area contributed by atoms with Crippen molar-refractivity contribution in [1.29, 1.82) is 0 Å². The van der Waals surface area contributed by atoms with Gasteiger partial charge in [-0.15, -0.1) is 0 Å². The van der Waals surface area contributed by atoms with Crippen LogP contribution in [0.25, 0.3) is 0 Å². The molecule has 27 heavy (non-hydrogen) atoms. The molecule has 0 aromatic heterocycles. The average molecular weight is 449 g/mol. The van der Waals surface area contributed by atoms with Gasteiger partial charge in [0.25, 0.3) is 0 Å². The predicted octanol–water partition coefficient (Wildman–Crippen LogP) is 7.03. The van der Waals surface area contributed by atoms with Crippen molar-refractivity contribution in [2.45, 2.75) is 128 Å². The van der Waals surface area contributed by atoms with Crippen LogP contribution in [0.15, 0.2) is 0 Å². The maximum atomic E-state index is 12.2. The molecule has 0 heterocycles. The quantitative estimate of drug-likeness (QED) is 0.131. The second-order valence-corrected chi connectivity index (χ2v) is 8.70. The first-order valence-electron chi connectivity index (χ1n) is 11.1. The van der Waals surface area contributed by atoms with Crippen LogP contribution in [0.2, 0.25) is 0 Å². The number of carbonyl (C=O) groups is 2. The van der Waals surface area contributed by atoms with Crippen molar-refractivity contribution in [3.63, 3.8) is 0 Å². The molecule has 1 unspecified atom stereocenters. The molecule has 0 amide bonds. The van der Waals surface area contributed by atoms with Gasteiger partial charge < -0.3 is 9.84 Å². The van der Waals surface area contributed by atoms with Crippen LogP contribution in [0.5, 0.6) is 0 Å². The van der Waals surface area contributed by atoms with E-state index >= 15 is 0 Å². The molecule has 0 spiro atoms. The van der Waals surface area contributed by atoms with Gasteiger partial charge in [-0.2, -0.15) is 0 Å². The number of aliphatic carboxylic acids is 1. The van der Waals surface area contributed by atoms with E-state index in [4.69, 9.17) is 9.84 Å². The third kappa shape index (κ3) is 17.3. The Kier molecular flexibility index (Phi) is 18.4. The number of esters is 1. The van der Waals surface area contributed by atoms with Crippen LogP contribution in [0.3, 0.4) is 0 Å². The fraction of sp³-hybridized carbons (Fsp3) is 0.909. The zero-order chi connectivity index (χ0) is 20.3. The van der Waals surface area contributed by atoms with Crippen LogP contribution >= 0.6 is 15.9 Å². The van der Waals surface area contributed by atoms with Crippen LogP contribution < -0.4 is 0 Å². The number of halogens is 1. The van der Waals surface area contributed by atoms with Gasteiger partial charge in [0.05, 0.1) is 6.42 Å². The summed E-state index contributed by atoms with van der Waals surface area (Å²) in [4.78, 5) is 22.9. The molecular formula is C22H41BrO4. The molecule has 160 valence electrons. The summed E-state index contributed by atoms with van der Waals surface area (Å²) in [6.07, 6.45) is 16.2. The molecule has 0 radical (unpaired) electrons. The highest BCUT2D eigenvalue weighted by molar-refractivity contribution is 9.10. The maximum absolute atomic E-state index is 12.2. The molecule has 0 saturated carbocycles. The van der Waals surface area contributed by atoms with Crippen LogP contribution in [-0.4, -0.2) is 28.0 Å². The highest BCUT2D eigenvalue weighted by Crippen LogP contribution is 2.18. The third-order valence-corrected chi connectivity index (χ3v) is 5.71. The van der Waals surface area contributed by atoms with Crippen molar-refractivity contribution in [3.8, 4) is 0 Å². The molecular weight excluding hydrogens is 408 g/mol. The summed E-state index contributed by atoms with van der Waals surface area (Å²) in [6.45, 7) is 4.38. The number of carboxylic acids is 1. The molecule has 2 atom stereocenters. The minimum Gasteiger partial charge on any atom is -0.481 e. The second-order valence-electron chi connectivity index (χ2n) is 7.59. The van der Waals surface area contributed by atoms with Gasteiger partial charge >= 0.3 is 11.9 Å². The standard InChI is InChI=1S/C22H41BrO4/c1-3-5-7-9-10-11-12-13-14-16-19(18-21(24)25)27-22(26)20(23)17-15-8-6-4-2/h19-20H,3-18H2,1-2H3,(H,24,25)/t19-,20?/m1/s1. The van der Waals surface area contributed by atoms with Crippen molar-refractivity contribution in [1.82, 2.24) is 0 Å². The normalized spacial score (nSPS) is 13.3. The van der Waals surface area contributed by atoms with Crippen molar-refractivity contribution in [2.75, 3.05) is 0 Å². The van der Waals surface area contributed by atoms with Gasteiger partial charge in [0.1, 0.15) is 10.9 Å². The largest absolute Gasteiger partial charge is 0.481 e. The molecule has 0 fully saturated rings. The SMILES string of the molecule is CCCCCCCCCCC[C@H](CC(=O)O)OC(=O)C(Br)CCCCCC. The number of carbonyl (C=O) groups excluding carboxylic acids is 1. The number of hydrogen-bond donors (Lipinski definition) is 1. The van der Waals surface area contributed by atoms with E-state index in [0.717, 1.165) is 38.5 Å². The Balaban J connectivity index is 3.98. The molecule has 0 aliphatic heterocycles. The molecule has 0 aliphatic carbocycles. The Hall–Kier alpha value is -0.580. The highest BCUT2D eigenvalue weighted by Gasteiger charge is 2.22. The molecule has 4 nitrogen and oxygen atoms in total. The molecule has 5 heteroatoms. The fourth-order valence-electron chi connectivity index (χ4n) is 3.19. The van der Waals surface area contributed by atoms with E-state index in [1.54, 1.807) is 0 Å². The third-order valence-electron chi connectivity index (χ3n) is 4.88. The number of carboxylic acid groups (broad SMARTS) is 1. The van der Waals surface area contributed by atoms with E-state index in [-0.39, 0.29) is 17.2 Å². The van der Waals surface area contributed by atoms with Crippen molar-refractivity contribution in [3.05, 3.63) is 0 Å². The van der Waals surface area contributed by atoms with Crippen molar-refractivity contribution < 1.29 is 19.4 Å². The summed E-state index contributed by atoms with van der Waals surface area (Å²) in [6, 6.07) is 0. The predicted molar refractivity (Wildman–Crippen MR) is 115 cm³/mol. The number of ether oxygens (including phenoxy) is 1. The maximum Gasteiger partial charge on any atom is 0.320 e. The van der Waals surface area contributed by atoms with Gasteiger partial charge in [-0.1, -0.05) is 107 Å². The van der Waals surface area contributed by atoms with E-state index in [1.807, 2.05) is 0 Å². The van der Waals surface area contributed by atoms with E-state index in [2.05, 4.69) is 29.8 Å². The molecule has 0 rings (SSSR count). The summed E-state index contributed by atoms with van der Waals surface area (Å²) >= 11 is 3.40. The molecule has 1 N–H and O–H groups in total. The van der Waals surface area contributed by atoms with Crippen molar-refractivity contribution in [2.24, 2.45) is 0 Å². The number of hydrogen-bond acceptors (Lipinski definition) is 3. The average Bonchev–Trinajstić information content (AvgIpc) is 2.63. The van der Waals surface area contributed by atoms with Crippen LogP contribution in [0.1, 0.15) is 117 Å². The van der Waals surface area contributed by atoms with E-state index in [1.165, 1.54) is 51.4 Å². The topological polar surface area (TPSA) is 63.6 Å². The summed E-state index contributed by atoms with van der Waals surface area (Å²) < 4.78 is 5.49. The lowest BCUT2D eigenvalue weighted by Gasteiger charge is -2.18. The molecule has 0 aromatic carbocycles. The van der Waals surface area contributed by atoms with Crippen LogP contribution in [0, 0.1) is 0 Å². The summed E-state index contributed by atoms with van der Waals surface area (Å²) in [7, 11) is 0. The van der Waals surface area contributed by atoms with Gasteiger partial charge in [-0.25, -0.2) is 0 Å². The lowest BCUT2D eigenvalue weighted by atomic mass is 10.0. The lowest BCUT2D eigenvalue weighted by Crippen LogP contribution is -2.26. The monoisotopic (exact) mass is 448 g/mol. The number of alkyl halides is 1. The van der Waals surface area contributed by atoms with E-state index in [9.17, 15) is 9.59 Å². The van der Waals surface area contributed by atoms with Crippen LogP contribution in [0.4, 0.5) is 0 Å². The van der Waals surface area contributed by atoms with E-state index in [0.29, 0.717) is 6.42 Å². The molecule has 0 bridgehead atoms. The van der Waals surface area contributed by atoms with Crippen LogP contribution in [-0.2, 0) is 14.3 Å².